The quantitative estimate of drug-likeness (QED) is 0.578. The molecule has 6 nitrogen and oxygen atoms in total. The monoisotopic (exact) mass is 324 g/mol. The average Bonchev–Trinajstić information content (AvgIpc) is 1.37. The van der Waals surface area contributed by atoms with Gasteiger partial charge in [-0.3, -0.25) is 0 Å². The maximum atomic E-state index is 7.75. The second-order valence-electron chi connectivity index (χ2n) is 0.512. The molecule has 0 bridgehead atoms. The predicted molar refractivity (Wildman–Crippen MR) is 23.9 cm³/mol. The van der Waals surface area contributed by atoms with Gasteiger partial charge in [0.05, 0.1) is 6.61 Å². The number of hydrogen-bond donors (Lipinski definition) is 2. The van der Waals surface area contributed by atoms with E-state index < -0.39 is 0 Å². The first-order valence-corrected chi connectivity index (χ1v) is 1.22. The summed E-state index contributed by atoms with van der Waals surface area (Å²) in [5.41, 5.74) is 4.78. The van der Waals surface area contributed by atoms with Gasteiger partial charge in [-0.05, 0) is 0 Å². The van der Waals surface area contributed by atoms with E-state index in [1.165, 1.54) is 0 Å². The average molecular weight is 324 g/mol. The van der Waals surface area contributed by atoms with E-state index in [2.05, 4.69) is 0 Å². The molecular weight excluding hydrogens is 313 g/mol. The third-order valence-corrected chi connectivity index (χ3v) is 0.129. The van der Waals surface area contributed by atoms with Crippen molar-refractivity contribution in [2.24, 2.45) is 5.73 Å². The standard InChI is InChI=1S/C2H7NO.4H2O.Pt/c3-1-2-4;;;;;/h4H,1-3H2;4*1H2;/q;;;;;+4/p-4. The fourth-order valence-corrected chi connectivity index (χ4v) is 0. The van der Waals surface area contributed by atoms with Gasteiger partial charge in [0.1, 0.15) is 0 Å². The van der Waals surface area contributed by atoms with Gasteiger partial charge in [0.25, 0.3) is 0 Å². The number of hydrogen-bond acceptors (Lipinski definition) is 6. The van der Waals surface area contributed by atoms with Crippen LogP contribution in [0.5, 0.6) is 0 Å². The van der Waals surface area contributed by atoms with Gasteiger partial charge in [0.2, 0.25) is 0 Å². The van der Waals surface area contributed by atoms with Crippen molar-refractivity contribution in [3.63, 3.8) is 0 Å². The molecule has 0 aromatic rings. The summed E-state index contributed by atoms with van der Waals surface area (Å²) >= 11 is 0. The van der Waals surface area contributed by atoms with Crippen LogP contribution in [0.3, 0.4) is 0 Å². The van der Waals surface area contributed by atoms with Gasteiger partial charge in [-0.15, -0.1) is 0 Å². The minimum absolute atomic E-state index is 0. The van der Waals surface area contributed by atoms with Crippen LogP contribution in [0, 0.1) is 0 Å². The van der Waals surface area contributed by atoms with E-state index in [-0.39, 0.29) is 49.6 Å². The first-order valence-electron chi connectivity index (χ1n) is 1.22. The van der Waals surface area contributed by atoms with Crippen molar-refractivity contribution < 1.29 is 48.1 Å². The summed E-state index contributed by atoms with van der Waals surface area (Å²) in [5.74, 6) is 0. The van der Waals surface area contributed by atoms with Crippen LogP contribution in [-0.4, -0.2) is 40.2 Å². The van der Waals surface area contributed by atoms with E-state index in [0.717, 1.165) is 0 Å². The maximum absolute atomic E-state index is 7.75. The molecule has 0 atom stereocenters. The number of rotatable bonds is 1. The summed E-state index contributed by atoms with van der Waals surface area (Å²) in [4.78, 5) is 0. The largest absolute Gasteiger partial charge is 4.00 e. The van der Waals surface area contributed by atoms with Crippen molar-refractivity contribution in [1.29, 1.82) is 0 Å². The number of aliphatic hydroxyl groups excluding tert-OH is 1. The number of aliphatic hydroxyl groups is 1. The summed E-state index contributed by atoms with van der Waals surface area (Å²) < 4.78 is 0. The Morgan fingerprint density at radius 3 is 1.11 bits per heavy atom. The Morgan fingerprint density at radius 1 is 1.00 bits per heavy atom. The summed E-state index contributed by atoms with van der Waals surface area (Å²) in [6.45, 7) is 0.472. The van der Waals surface area contributed by atoms with Gasteiger partial charge >= 0.3 is 21.1 Å². The van der Waals surface area contributed by atoms with E-state index in [4.69, 9.17) is 10.8 Å². The van der Waals surface area contributed by atoms with Crippen LogP contribution in [0.2, 0.25) is 0 Å². The van der Waals surface area contributed by atoms with Crippen LogP contribution in [0.25, 0.3) is 0 Å². The third-order valence-electron chi connectivity index (χ3n) is 0.129. The van der Waals surface area contributed by atoms with Crippen molar-refractivity contribution in [3.8, 4) is 0 Å². The molecule has 7 N–H and O–H groups in total. The Labute approximate surface area is 67.5 Å². The molecule has 0 aliphatic carbocycles. The van der Waals surface area contributed by atoms with Crippen molar-refractivity contribution >= 4 is 0 Å². The molecule has 0 aromatic heterocycles. The molecule has 64 valence electrons. The van der Waals surface area contributed by atoms with E-state index in [9.17, 15) is 0 Å². The van der Waals surface area contributed by atoms with E-state index >= 15 is 0 Å². The topological polar surface area (TPSA) is 166 Å². The molecule has 0 aromatic carbocycles. The van der Waals surface area contributed by atoms with E-state index in [1.807, 2.05) is 0 Å². The first-order chi connectivity index (χ1) is 1.91. The summed E-state index contributed by atoms with van der Waals surface area (Å²) in [5, 5.41) is 7.75. The second kappa shape index (κ2) is 78.2. The Balaban J connectivity index is -0.00000000450. The molecule has 0 unspecified atom stereocenters. The molecule has 0 amide bonds. The molecule has 0 saturated heterocycles. The van der Waals surface area contributed by atoms with Gasteiger partial charge in [-0.25, -0.2) is 0 Å². The van der Waals surface area contributed by atoms with Crippen molar-refractivity contribution in [1.82, 2.24) is 0 Å². The molecule has 0 saturated carbocycles. The zero-order chi connectivity index (χ0) is 3.41. The zero-order valence-electron chi connectivity index (χ0n) is 4.54. The van der Waals surface area contributed by atoms with E-state index in [0.29, 0.717) is 6.54 Å². The molecule has 0 fully saturated rings. The van der Waals surface area contributed by atoms with Gasteiger partial charge < -0.3 is 32.7 Å². The van der Waals surface area contributed by atoms with Gasteiger partial charge in [-0.1, -0.05) is 0 Å². The summed E-state index contributed by atoms with van der Waals surface area (Å²) in [6, 6.07) is 0. The van der Waals surface area contributed by atoms with Gasteiger partial charge in [-0.2, -0.15) is 0 Å². The fourth-order valence-electron chi connectivity index (χ4n) is 0. The molecule has 0 radical (unpaired) electrons. The van der Waals surface area contributed by atoms with Crippen LogP contribution < -0.4 is 5.73 Å². The van der Waals surface area contributed by atoms with Crippen molar-refractivity contribution in [2.45, 2.75) is 0 Å². The Bertz CT molecular complexity index is 16.9. The number of nitrogens with two attached hydrogens (primary N) is 1. The summed E-state index contributed by atoms with van der Waals surface area (Å²) in [7, 11) is 0. The Hall–Kier alpha value is 0.448. The van der Waals surface area contributed by atoms with Gasteiger partial charge in [0.15, 0.2) is 0 Å². The molecule has 0 spiro atoms. The minimum Gasteiger partial charge on any atom is -0.870 e. The molecular formula is C2H11NO5Pt. The van der Waals surface area contributed by atoms with Crippen molar-refractivity contribution in [3.05, 3.63) is 0 Å². The van der Waals surface area contributed by atoms with Gasteiger partial charge in [0, 0.05) is 6.54 Å². The zero-order valence-corrected chi connectivity index (χ0v) is 6.82. The predicted octanol–water partition coefficient (Wildman–Crippen LogP) is -1.77. The maximum Gasteiger partial charge on any atom is 4.00 e. The van der Waals surface area contributed by atoms with Crippen molar-refractivity contribution in [2.75, 3.05) is 13.2 Å². The molecule has 7 heteroatoms. The van der Waals surface area contributed by atoms with Crippen LogP contribution in [0.15, 0.2) is 0 Å². The van der Waals surface area contributed by atoms with Crippen LogP contribution in [0.4, 0.5) is 0 Å². The fraction of sp³-hybridized carbons (Fsp3) is 1.00. The summed E-state index contributed by atoms with van der Waals surface area (Å²) in [6.07, 6.45) is 0. The van der Waals surface area contributed by atoms with Crippen LogP contribution in [0.1, 0.15) is 0 Å². The smallest absolute Gasteiger partial charge is 0.870 e. The van der Waals surface area contributed by atoms with Crippen LogP contribution >= 0.6 is 0 Å². The van der Waals surface area contributed by atoms with Crippen LogP contribution in [-0.2, 0) is 21.1 Å². The Morgan fingerprint density at radius 2 is 1.11 bits per heavy atom. The normalized spacial score (nSPS) is 3.33. The second-order valence-corrected chi connectivity index (χ2v) is 0.512. The van der Waals surface area contributed by atoms with E-state index in [1.54, 1.807) is 0 Å². The molecule has 9 heavy (non-hydrogen) atoms. The molecule has 0 rings (SSSR count). The minimum atomic E-state index is 0. The third kappa shape index (κ3) is 167. The Kier molecular flexibility index (Phi) is 493. The first kappa shape index (κ1) is 56.7. The molecule has 0 aliphatic heterocycles. The molecule has 0 aliphatic rings. The SMILES string of the molecule is NCCO.[OH-].[OH-].[OH-].[OH-].[Pt+4]. The molecule has 0 heterocycles.